The standard InChI is InChI=1S/C34H35F2N8O11PS/c1-18(45)9-10-23(47)54-27-25(36)21(53-32(27)44-17-40-26-29(38-16-39-30(26)44)42-31(48)20-7-4-3-5-8-20)15-51-56(57,50-14-6-12-37)55-28-24(35)19(2)52-33(28)43-13-11-22(46)41-34(43)49/h3-5,7-8,11,13,16-17,19,21,24-25,27-28,32-33H,6,9-10,14-15H2,1-2H3,(H,41,46,49)(H,38,39,42,48)/t19-,21-,24+,25+,27?,28?,32-,33-,56?/m1/s1/i2D. The number of Topliss-reactive ketones (excluding diaryl/α,β-unsaturated/α-hetero) is 1. The van der Waals surface area contributed by atoms with Crippen molar-refractivity contribution in [2.75, 3.05) is 18.5 Å². The number of ether oxygens (including phenoxy) is 3. The highest BCUT2D eigenvalue weighted by atomic mass is 32.5. The number of rotatable bonds is 16. The Morgan fingerprint density at radius 1 is 1.05 bits per heavy atom. The highest BCUT2D eigenvalue weighted by Gasteiger charge is 2.52. The maximum atomic E-state index is 16.5. The molecule has 2 N–H and O–H groups in total. The number of alkyl halides is 2. The Balaban J connectivity index is 1.27. The number of aromatic amines is 1. The Bertz CT molecular complexity index is 2350. The van der Waals surface area contributed by atoms with E-state index in [2.05, 4.69) is 20.3 Å². The fourth-order valence-electron chi connectivity index (χ4n) is 5.84. The first-order valence-corrected chi connectivity index (χ1v) is 19.7. The second-order valence-electron chi connectivity index (χ2n) is 12.6. The molecule has 0 aliphatic carbocycles. The van der Waals surface area contributed by atoms with Gasteiger partial charge in [0.1, 0.15) is 24.3 Å². The van der Waals surface area contributed by atoms with Crippen LogP contribution in [0.4, 0.5) is 14.6 Å². The first-order chi connectivity index (χ1) is 27.8. The van der Waals surface area contributed by atoms with E-state index >= 15 is 8.78 Å². The molecule has 1 aromatic carbocycles. The summed E-state index contributed by atoms with van der Waals surface area (Å²) in [6.45, 7) is -4.70. The molecule has 0 radical (unpaired) electrons. The van der Waals surface area contributed by atoms with Gasteiger partial charge in [0.25, 0.3) is 11.5 Å². The van der Waals surface area contributed by atoms with E-state index in [0.29, 0.717) is 5.56 Å². The van der Waals surface area contributed by atoms with Gasteiger partial charge in [0.15, 0.2) is 47.9 Å². The molecule has 3 aromatic heterocycles. The van der Waals surface area contributed by atoms with Crippen LogP contribution in [0.3, 0.4) is 0 Å². The monoisotopic (exact) mass is 833 g/mol. The van der Waals surface area contributed by atoms with Crippen molar-refractivity contribution >= 4 is 53.2 Å². The van der Waals surface area contributed by atoms with Crippen molar-refractivity contribution in [3.05, 3.63) is 81.7 Å². The van der Waals surface area contributed by atoms with E-state index in [0.717, 1.165) is 23.2 Å². The third-order valence-corrected chi connectivity index (χ3v) is 11.0. The number of H-pyrrole nitrogens is 1. The number of halogens is 2. The number of benzene rings is 1. The van der Waals surface area contributed by atoms with E-state index in [1.165, 1.54) is 17.8 Å². The predicted molar refractivity (Wildman–Crippen MR) is 195 cm³/mol. The Morgan fingerprint density at radius 2 is 1.82 bits per heavy atom. The summed E-state index contributed by atoms with van der Waals surface area (Å²) in [5.41, 5.74) is -1.29. The maximum absolute atomic E-state index is 16.5. The lowest BCUT2D eigenvalue weighted by Gasteiger charge is -2.29. The Labute approximate surface area is 327 Å². The van der Waals surface area contributed by atoms with E-state index in [1.807, 2.05) is 11.1 Å². The number of esters is 1. The maximum Gasteiger partial charge on any atom is 0.330 e. The molecule has 0 spiro atoms. The van der Waals surface area contributed by atoms with E-state index in [9.17, 15) is 24.0 Å². The van der Waals surface area contributed by atoms with E-state index < -0.39 is 92.6 Å². The van der Waals surface area contributed by atoms with E-state index in [1.54, 1.807) is 30.3 Å². The van der Waals surface area contributed by atoms with Crippen LogP contribution < -0.4 is 16.6 Å². The summed E-state index contributed by atoms with van der Waals surface area (Å²) in [6.07, 6.45) is -11.2. The summed E-state index contributed by atoms with van der Waals surface area (Å²) in [7, 11) is 0. The Kier molecular flexibility index (Phi) is 12.6. The van der Waals surface area contributed by atoms with Gasteiger partial charge >= 0.3 is 18.4 Å². The summed E-state index contributed by atoms with van der Waals surface area (Å²) in [6, 6.07) is 11.1. The van der Waals surface area contributed by atoms with Gasteiger partial charge in [-0.15, -0.1) is 0 Å². The molecule has 2 aliphatic rings. The predicted octanol–water partition coefficient (Wildman–Crippen LogP) is 2.96. The van der Waals surface area contributed by atoms with Crippen LogP contribution in [-0.4, -0.2) is 96.7 Å². The van der Waals surface area contributed by atoms with Crippen LogP contribution in [0.15, 0.2) is 64.8 Å². The summed E-state index contributed by atoms with van der Waals surface area (Å²) in [5.74, 6) is -1.74. The third kappa shape index (κ3) is 9.53. The lowest BCUT2D eigenvalue weighted by Crippen LogP contribution is -2.38. The molecule has 2 saturated heterocycles. The van der Waals surface area contributed by atoms with Gasteiger partial charge < -0.3 is 33.4 Å². The van der Waals surface area contributed by atoms with Crippen molar-refractivity contribution < 1.29 is 52.3 Å². The van der Waals surface area contributed by atoms with E-state index in [-0.39, 0.29) is 48.6 Å². The van der Waals surface area contributed by atoms with Gasteiger partial charge in [-0.3, -0.25) is 33.0 Å². The Hall–Kier alpha value is -5.14. The van der Waals surface area contributed by atoms with Crippen molar-refractivity contribution in [3.8, 4) is 6.07 Å². The van der Waals surface area contributed by atoms with Crippen LogP contribution in [0.1, 0.15) is 57.3 Å². The normalized spacial score (nSPS) is 25.7. The minimum absolute atomic E-state index is 0.00628. The Morgan fingerprint density at radius 3 is 2.54 bits per heavy atom. The van der Waals surface area contributed by atoms with Crippen LogP contribution in [-0.2, 0) is 49.2 Å². The van der Waals surface area contributed by atoms with Gasteiger partial charge in [-0.05, 0) is 37.8 Å². The number of anilines is 1. The minimum atomic E-state index is -4.23. The van der Waals surface area contributed by atoms with Gasteiger partial charge in [0.2, 0.25) is 0 Å². The zero-order valence-corrected chi connectivity index (χ0v) is 31.6. The fourth-order valence-corrected chi connectivity index (χ4v) is 7.91. The number of hydrogen-bond donors (Lipinski definition) is 2. The molecule has 5 heterocycles. The van der Waals surface area contributed by atoms with Crippen LogP contribution >= 0.6 is 6.72 Å². The van der Waals surface area contributed by atoms with E-state index in [4.69, 9.17) is 46.2 Å². The molecule has 0 bridgehead atoms. The first-order valence-electron chi connectivity index (χ1n) is 17.9. The molecule has 23 heteroatoms. The number of ketones is 1. The van der Waals surface area contributed by atoms with Crippen LogP contribution in [0.2, 0.25) is 0 Å². The number of aromatic nitrogens is 6. The van der Waals surface area contributed by atoms with Gasteiger partial charge in [-0.2, -0.15) is 5.26 Å². The SMILES string of the molecule is [2H]C[C@H]1O[C@@H](n2ccc(=O)[nH]c2=O)C(OP(=S)(OCCC#N)OC[C@H]2O[C@@H](n3cnc4c(NC(=O)c5ccccc5)ncnc43)C(OC(=O)CCC(C)=O)[C@H]2F)[C@H]1F. The summed E-state index contributed by atoms with van der Waals surface area (Å²) in [5, 5.41) is 11.8. The minimum Gasteiger partial charge on any atom is -0.454 e. The fraction of sp³-hybridized carbons (Fsp3) is 0.441. The first kappa shape index (κ1) is 40.1. The molecule has 2 aliphatic heterocycles. The number of amides is 1. The number of nitriles is 1. The zero-order valence-electron chi connectivity index (χ0n) is 30.8. The smallest absolute Gasteiger partial charge is 0.330 e. The average molecular weight is 834 g/mol. The van der Waals surface area contributed by atoms with Crippen molar-refractivity contribution in [2.24, 2.45) is 0 Å². The average Bonchev–Trinajstić information content (AvgIpc) is 3.86. The summed E-state index contributed by atoms with van der Waals surface area (Å²) in [4.78, 5) is 76.4. The largest absolute Gasteiger partial charge is 0.454 e. The lowest BCUT2D eigenvalue weighted by atomic mass is 10.1. The highest BCUT2D eigenvalue weighted by molar-refractivity contribution is 8.07. The van der Waals surface area contributed by atoms with Crippen molar-refractivity contribution in [1.82, 2.24) is 29.1 Å². The molecular weight excluding hydrogens is 797 g/mol. The molecule has 57 heavy (non-hydrogen) atoms. The molecule has 9 atom stereocenters. The van der Waals surface area contributed by atoms with Gasteiger partial charge in [-0.25, -0.2) is 28.5 Å². The second-order valence-corrected chi connectivity index (χ2v) is 15.6. The summed E-state index contributed by atoms with van der Waals surface area (Å²) < 4.78 is 76.7. The summed E-state index contributed by atoms with van der Waals surface area (Å²) >= 11 is 5.58. The van der Waals surface area contributed by atoms with Gasteiger partial charge in [-0.1, -0.05) is 18.2 Å². The number of nitrogens with one attached hydrogen (secondary N) is 2. The number of imidazole rings is 1. The number of carbonyl (C=O) groups is 3. The molecule has 6 rings (SSSR count). The molecule has 0 saturated carbocycles. The molecule has 4 aromatic rings. The third-order valence-electron chi connectivity index (χ3n) is 8.61. The van der Waals surface area contributed by atoms with Gasteiger partial charge in [0, 0.05) is 25.6 Å². The van der Waals surface area contributed by atoms with Crippen molar-refractivity contribution in [3.63, 3.8) is 0 Å². The second kappa shape index (κ2) is 18.0. The quantitative estimate of drug-likeness (QED) is 0.0937. The number of nitrogens with zero attached hydrogens (tertiary/aromatic N) is 6. The van der Waals surface area contributed by atoms with Crippen LogP contribution in [0.5, 0.6) is 0 Å². The number of hydrogen-bond acceptors (Lipinski definition) is 16. The number of carbonyl (C=O) groups excluding carboxylic acids is 3. The van der Waals surface area contributed by atoms with Crippen molar-refractivity contribution in [2.45, 2.75) is 82.3 Å². The molecule has 302 valence electrons. The lowest BCUT2D eigenvalue weighted by molar-refractivity contribution is -0.157. The highest BCUT2D eigenvalue weighted by Crippen LogP contribution is 2.55. The van der Waals surface area contributed by atoms with Gasteiger partial charge in [0.05, 0.1) is 44.6 Å². The van der Waals surface area contributed by atoms with Crippen LogP contribution in [0, 0.1) is 11.3 Å². The molecule has 2 fully saturated rings. The topological polar surface area (TPSA) is 241 Å². The molecular formula is C34H35F2N8O11PS. The zero-order chi connectivity index (χ0) is 41.6. The van der Waals surface area contributed by atoms with Crippen LogP contribution in [0.25, 0.3) is 11.2 Å². The molecule has 19 nitrogen and oxygen atoms in total. The molecule has 3 unspecified atom stereocenters. The number of fused-ring (bicyclic) bond motifs is 1. The molecule has 1 amide bonds. The van der Waals surface area contributed by atoms with Crippen molar-refractivity contribution in [1.29, 1.82) is 5.26 Å².